The van der Waals surface area contributed by atoms with Crippen molar-refractivity contribution in [3.63, 3.8) is 0 Å². The van der Waals surface area contributed by atoms with Crippen LogP contribution in [0.5, 0.6) is 5.75 Å². The Hall–Kier alpha value is -3.65. The molecule has 2 aliphatic carbocycles. The van der Waals surface area contributed by atoms with E-state index in [4.69, 9.17) is 25.4 Å². The van der Waals surface area contributed by atoms with Gasteiger partial charge < -0.3 is 25.7 Å². The normalized spacial score (nSPS) is 20.1. The molecular formula is C30H37N7O. The topological polar surface area (TPSA) is 103 Å². The van der Waals surface area contributed by atoms with Gasteiger partial charge in [0, 0.05) is 30.2 Å². The lowest BCUT2D eigenvalue weighted by Gasteiger charge is -2.29. The minimum Gasteiger partial charge on any atom is -0.496 e. The first-order valence-electron chi connectivity index (χ1n) is 13.9. The summed E-state index contributed by atoms with van der Waals surface area (Å²) in [5.41, 5.74) is 11.5. The summed E-state index contributed by atoms with van der Waals surface area (Å²) in [6.45, 7) is 0.636. The Morgan fingerprint density at radius 1 is 0.947 bits per heavy atom. The molecule has 0 saturated heterocycles. The highest BCUT2D eigenvalue weighted by molar-refractivity contribution is 5.84. The van der Waals surface area contributed by atoms with Gasteiger partial charge in [0.2, 0.25) is 5.95 Å². The van der Waals surface area contributed by atoms with Crippen molar-refractivity contribution in [2.24, 2.45) is 5.73 Å². The minimum absolute atomic E-state index is 0.126. The van der Waals surface area contributed by atoms with Crippen LogP contribution in [0, 0.1) is 0 Å². The first-order valence-corrected chi connectivity index (χ1v) is 13.9. The second-order valence-electron chi connectivity index (χ2n) is 10.6. The van der Waals surface area contributed by atoms with Gasteiger partial charge in [-0.1, -0.05) is 68.1 Å². The second kappa shape index (κ2) is 11.0. The molecule has 2 aromatic carbocycles. The number of nitrogens with one attached hydrogen (secondary N) is 2. The predicted molar refractivity (Wildman–Crippen MR) is 152 cm³/mol. The summed E-state index contributed by atoms with van der Waals surface area (Å²) < 4.78 is 7.79. The molecule has 0 aliphatic heterocycles. The number of rotatable bonds is 8. The summed E-state index contributed by atoms with van der Waals surface area (Å²) in [4.78, 5) is 14.6. The number of fused-ring (bicyclic) bond motifs is 1. The molecular weight excluding hydrogens is 474 g/mol. The van der Waals surface area contributed by atoms with Crippen LogP contribution in [0.2, 0.25) is 0 Å². The lowest BCUT2D eigenvalue weighted by molar-refractivity contribution is 0.402. The van der Waals surface area contributed by atoms with Crippen molar-refractivity contribution in [3.8, 4) is 16.9 Å². The molecule has 2 saturated carbocycles. The standard InChI is InChI=1S/C30H37N7O/c1-38-26-13-7-4-10-23(26)21-16-14-20(15-17-21)18-32-28-27-29(37(19-33-27)22-8-2-3-9-22)36-30(35-28)34-25-12-6-5-11-24(25)31/h4,7,10,13-17,19,22,24-25H,2-3,5-6,8-9,11-12,18,31H2,1H3,(H2,32,34,35,36). The molecule has 4 N–H and O–H groups in total. The number of methoxy groups -OCH3 is 1. The molecule has 4 aromatic rings. The third-order valence-corrected chi connectivity index (χ3v) is 8.11. The third-order valence-electron chi connectivity index (χ3n) is 8.11. The number of anilines is 2. The highest BCUT2D eigenvalue weighted by atomic mass is 16.5. The number of hydrogen-bond donors (Lipinski definition) is 3. The minimum atomic E-state index is 0.126. The molecule has 0 amide bonds. The number of benzene rings is 2. The molecule has 6 rings (SSSR count). The van der Waals surface area contributed by atoms with Gasteiger partial charge in [-0.05, 0) is 42.9 Å². The van der Waals surface area contributed by atoms with E-state index in [0.29, 0.717) is 18.5 Å². The van der Waals surface area contributed by atoms with Crippen LogP contribution in [0.25, 0.3) is 22.3 Å². The predicted octanol–water partition coefficient (Wildman–Crippen LogP) is 5.91. The van der Waals surface area contributed by atoms with Gasteiger partial charge in [0.05, 0.1) is 13.4 Å². The van der Waals surface area contributed by atoms with E-state index < -0.39 is 0 Å². The fraction of sp³-hybridized carbons (Fsp3) is 0.433. The van der Waals surface area contributed by atoms with Crippen molar-refractivity contribution in [2.45, 2.75) is 76.0 Å². The largest absolute Gasteiger partial charge is 0.496 e. The van der Waals surface area contributed by atoms with E-state index in [-0.39, 0.29) is 12.1 Å². The SMILES string of the molecule is COc1ccccc1-c1ccc(CNc2nc(NC3CCCCC3N)nc3c2ncn3C2CCCC2)cc1. The number of ether oxygens (including phenoxy) is 1. The summed E-state index contributed by atoms with van der Waals surface area (Å²) in [6.07, 6.45) is 11.3. The van der Waals surface area contributed by atoms with E-state index in [1.165, 1.54) is 38.5 Å². The Kier molecular flexibility index (Phi) is 7.14. The number of imidazole rings is 1. The Morgan fingerprint density at radius 3 is 2.50 bits per heavy atom. The Morgan fingerprint density at radius 2 is 1.71 bits per heavy atom. The zero-order valence-electron chi connectivity index (χ0n) is 22.1. The first-order chi connectivity index (χ1) is 18.7. The van der Waals surface area contributed by atoms with Gasteiger partial charge in [0.15, 0.2) is 17.0 Å². The van der Waals surface area contributed by atoms with Gasteiger partial charge in [-0.3, -0.25) is 0 Å². The fourth-order valence-corrected chi connectivity index (χ4v) is 5.93. The van der Waals surface area contributed by atoms with Crippen LogP contribution in [0.15, 0.2) is 54.9 Å². The lowest BCUT2D eigenvalue weighted by atomic mass is 9.91. The Labute approximate surface area is 224 Å². The molecule has 2 heterocycles. The number of hydrogen-bond acceptors (Lipinski definition) is 7. The van der Waals surface area contributed by atoms with Crippen molar-refractivity contribution in [2.75, 3.05) is 17.7 Å². The van der Waals surface area contributed by atoms with Crippen molar-refractivity contribution in [1.29, 1.82) is 0 Å². The quantitative estimate of drug-likeness (QED) is 0.270. The summed E-state index contributed by atoms with van der Waals surface area (Å²) >= 11 is 0. The van der Waals surface area contributed by atoms with E-state index in [1.54, 1.807) is 7.11 Å². The lowest BCUT2D eigenvalue weighted by Crippen LogP contribution is -2.43. The smallest absolute Gasteiger partial charge is 0.227 e. The number of para-hydroxylation sites is 1. The molecule has 2 unspecified atom stereocenters. The van der Waals surface area contributed by atoms with E-state index in [2.05, 4.69) is 45.5 Å². The zero-order chi connectivity index (χ0) is 25.9. The Balaban J connectivity index is 1.26. The highest BCUT2D eigenvalue weighted by Crippen LogP contribution is 2.34. The third kappa shape index (κ3) is 5.05. The molecule has 8 heteroatoms. The average molecular weight is 512 g/mol. The van der Waals surface area contributed by atoms with Crippen LogP contribution in [0.4, 0.5) is 11.8 Å². The maximum atomic E-state index is 6.43. The monoisotopic (exact) mass is 511 g/mol. The molecule has 2 atom stereocenters. The average Bonchev–Trinajstić information content (AvgIpc) is 3.64. The first kappa shape index (κ1) is 24.7. The number of aromatic nitrogens is 4. The molecule has 0 spiro atoms. The molecule has 2 aromatic heterocycles. The van der Waals surface area contributed by atoms with Crippen molar-refractivity contribution >= 4 is 22.9 Å². The maximum Gasteiger partial charge on any atom is 0.227 e. The number of nitrogens with zero attached hydrogens (tertiary/aromatic N) is 4. The van der Waals surface area contributed by atoms with Crippen LogP contribution < -0.4 is 21.1 Å². The molecule has 8 nitrogen and oxygen atoms in total. The van der Waals surface area contributed by atoms with Gasteiger partial charge in [-0.15, -0.1) is 0 Å². The van der Waals surface area contributed by atoms with Gasteiger partial charge in [-0.2, -0.15) is 9.97 Å². The van der Waals surface area contributed by atoms with Crippen molar-refractivity contribution in [3.05, 3.63) is 60.4 Å². The van der Waals surface area contributed by atoms with Crippen LogP contribution in [-0.4, -0.2) is 38.7 Å². The molecule has 2 aliphatic rings. The van der Waals surface area contributed by atoms with Crippen LogP contribution in [0.1, 0.15) is 63.0 Å². The zero-order valence-corrected chi connectivity index (χ0v) is 22.1. The molecule has 2 fully saturated rings. The van der Waals surface area contributed by atoms with Crippen molar-refractivity contribution < 1.29 is 4.74 Å². The molecule has 0 bridgehead atoms. The van der Waals surface area contributed by atoms with E-state index in [0.717, 1.165) is 52.3 Å². The van der Waals surface area contributed by atoms with Gasteiger partial charge >= 0.3 is 0 Å². The highest BCUT2D eigenvalue weighted by Gasteiger charge is 2.25. The molecule has 198 valence electrons. The van der Waals surface area contributed by atoms with Crippen molar-refractivity contribution in [1.82, 2.24) is 19.5 Å². The fourth-order valence-electron chi connectivity index (χ4n) is 5.93. The van der Waals surface area contributed by atoms with Crippen LogP contribution in [-0.2, 0) is 6.54 Å². The summed E-state index contributed by atoms with van der Waals surface area (Å²) in [5.74, 6) is 2.26. The van der Waals surface area contributed by atoms with E-state index >= 15 is 0 Å². The molecule has 38 heavy (non-hydrogen) atoms. The second-order valence-corrected chi connectivity index (χ2v) is 10.6. The summed E-state index contributed by atoms with van der Waals surface area (Å²) in [6, 6.07) is 17.4. The van der Waals surface area contributed by atoms with Gasteiger partial charge in [0.1, 0.15) is 5.75 Å². The van der Waals surface area contributed by atoms with Crippen LogP contribution in [0.3, 0.4) is 0 Å². The van der Waals surface area contributed by atoms with Crippen LogP contribution >= 0.6 is 0 Å². The Bertz CT molecular complexity index is 1380. The van der Waals surface area contributed by atoms with E-state index in [1.807, 2.05) is 24.5 Å². The van der Waals surface area contributed by atoms with Gasteiger partial charge in [-0.25, -0.2) is 4.98 Å². The summed E-state index contributed by atoms with van der Waals surface area (Å²) in [7, 11) is 1.71. The molecule has 0 radical (unpaired) electrons. The summed E-state index contributed by atoms with van der Waals surface area (Å²) in [5, 5.41) is 7.12. The maximum absolute atomic E-state index is 6.43. The van der Waals surface area contributed by atoms with E-state index in [9.17, 15) is 0 Å². The van der Waals surface area contributed by atoms with Gasteiger partial charge in [0.25, 0.3) is 0 Å². The number of nitrogens with two attached hydrogens (primary N) is 1.